The van der Waals surface area contributed by atoms with E-state index in [1.54, 1.807) is 7.11 Å². The zero-order valence-corrected chi connectivity index (χ0v) is 12.9. The summed E-state index contributed by atoms with van der Waals surface area (Å²) < 4.78 is 5.25. The molecule has 0 aliphatic heterocycles. The first kappa shape index (κ1) is 15.7. The van der Waals surface area contributed by atoms with E-state index in [2.05, 4.69) is 19.1 Å². The molecule has 0 aromatic heterocycles. The summed E-state index contributed by atoms with van der Waals surface area (Å²) in [5, 5.41) is 0. The average molecular weight is 287 g/mol. The van der Waals surface area contributed by atoms with Gasteiger partial charge in [0.05, 0.1) is 7.11 Å². The molecule has 0 N–H and O–H groups in total. The van der Waals surface area contributed by atoms with Crippen LogP contribution in [0, 0.1) is 5.92 Å². The van der Waals surface area contributed by atoms with Gasteiger partial charge in [0.15, 0.2) is 0 Å². The van der Waals surface area contributed by atoms with E-state index in [9.17, 15) is 0 Å². The number of methoxy groups -OCH3 is 1. The van der Waals surface area contributed by atoms with E-state index in [1.165, 1.54) is 29.9 Å². The van der Waals surface area contributed by atoms with Crippen molar-refractivity contribution in [3.63, 3.8) is 0 Å². The van der Waals surface area contributed by atoms with Gasteiger partial charge in [0.2, 0.25) is 0 Å². The maximum absolute atomic E-state index is 6.07. The van der Waals surface area contributed by atoms with E-state index < -0.39 is 0 Å². The van der Waals surface area contributed by atoms with Crippen LogP contribution >= 0.6 is 23.4 Å². The lowest BCUT2D eigenvalue weighted by Crippen LogP contribution is -2.07. The van der Waals surface area contributed by atoms with Crippen molar-refractivity contribution in [2.24, 2.45) is 5.92 Å². The van der Waals surface area contributed by atoms with Crippen molar-refractivity contribution < 1.29 is 4.74 Å². The molecule has 1 nitrogen and oxygen atoms in total. The fourth-order valence-electron chi connectivity index (χ4n) is 1.98. The largest absolute Gasteiger partial charge is 0.497 e. The molecule has 0 saturated carbocycles. The molecule has 0 spiro atoms. The van der Waals surface area contributed by atoms with Crippen molar-refractivity contribution in [2.45, 2.75) is 26.2 Å². The highest BCUT2D eigenvalue weighted by molar-refractivity contribution is 7.99. The lowest BCUT2D eigenvalue weighted by atomic mass is 9.97. The summed E-state index contributed by atoms with van der Waals surface area (Å²) in [6.45, 7) is 2.21. The first-order valence-electron chi connectivity index (χ1n) is 6.56. The summed E-state index contributed by atoms with van der Waals surface area (Å²) in [6, 6.07) is 8.30. The van der Waals surface area contributed by atoms with Gasteiger partial charge in [-0.25, -0.2) is 0 Å². The Bertz CT molecular complexity index is 330. The third-order valence-electron chi connectivity index (χ3n) is 2.98. The molecule has 0 radical (unpaired) electrons. The Labute approximate surface area is 120 Å². The SMILES string of the molecule is CCSCCCC(CCl)Cc1cccc(OC)c1. The molecule has 18 heavy (non-hydrogen) atoms. The number of rotatable bonds is 9. The van der Waals surface area contributed by atoms with Gasteiger partial charge >= 0.3 is 0 Å². The third-order valence-corrected chi connectivity index (χ3v) is 4.40. The molecule has 0 aliphatic rings. The monoisotopic (exact) mass is 286 g/mol. The summed E-state index contributed by atoms with van der Waals surface area (Å²) in [4.78, 5) is 0. The van der Waals surface area contributed by atoms with Crippen molar-refractivity contribution in [2.75, 3.05) is 24.5 Å². The second-order valence-electron chi connectivity index (χ2n) is 4.42. The van der Waals surface area contributed by atoms with Gasteiger partial charge in [0, 0.05) is 5.88 Å². The number of hydrogen-bond donors (Lipinski definition) is 0. The predicted octanol–water partition coefficient (Wildman–Crippen LogP) is 4.63. The smallest absolute Gasteiger partial charge is 0.119 e. The van der Waals surface area contributed by atoms with Crippen molar-refractivity contribution in [1.82, 2.24) is 0 Å². The summed E-state index contributed by atoms with van der Waals surface area (Å²) >= 11 is 8.08. The Morgan fingerprint density at radius 3 is 2.89 bits per heavy atom. The first-order valence-corrected chi connectivity index (χ1v) is 8.25. The van der Waals surface area contributed by atoms with Crippen LogP contribution < -0.4 is 4.74 Å². The minimum Gasteiger partial charge on any atom is -0.497 e. The number of ether oxygens (including phenoxy) is 1. The second kappa shape index (κ2) is 9.57. The van der Waals surface area contributed by atoms with Crippen molar-refractivity contribution in [1.29, 1.82) is 0 Å². The molecule has 1 rings (SSSR count). The minimum absolute atomic E-state index is 0.580. The van der Waals surface area contributed by atoms with Crippen LogP contribution in [0.25, 0.3) is 0 Å². The van der Waals surface area contributed by atoms with Gasteiger partial charge < -0.3 is 4.74 Å². The number of halogens is 1. The van der Waals surface area contributed by atoms with E-state index in [4.69, 9.17) is 16.3 Å². The number of thioether (sulfide) groups is 1. The molecular weight excluding hydrogens is 264 g/mol. The molecule has 0 aliphatic carbocycles. The highest BCUT2D eigenvalue weighted by atomic mass is 35.5. The molecule has 1 aromatic carbocycles. The summed E-state index contributed by atoms with van der Waals surface area (Å²) in [5.41, 5.74) is 1.32. The van der Waals surface area contributed by atoms with Crippen LogP contribution in [0.2, 0.25) is 0 Å². The predicted molar refractivity (Wildman–Crippen MR) is 83.1 cm³/mol. The maximum Gasteiger partial charge on any atom is 0.119 e. The van der Waals surface area contributed by atoms with Crippen molar-refractivity contribution in [3.05, 3.63) is 29.8 Å². The topological polar surface area (TPSA) is 9.23 Å². The second-order valence-corrected chi connectivity index (χ2v) is 6.12. The van der Waals surface area contributed by atoms with E-state index in [0.29, 0.717) is 5.92 Å². The standard InChI is InChI=1S/C15H23ClOS/c1-3-18-9-5-7-14(12-16)10-13-6-4-8-15(11-13)17-2/h4,6,8,11,14H,3,5,7,9-10,12H2,1-2H3. The van der Waals surface area contributed by atoms with Gasteiger partial charge in [-0.1, -0.05) is 19.1 Å². The Hall–Kier alpha value is -0.340. The molecule has 1 unspecified atom stereocenters. The zero-order chi connectivity index (χ0) is 13.2. The molecule has 0 amide bonds. The molecule has 3 heteroatoms. The Kier molecular flexibility index (Phi) is 8.36. The molecule has 1 atom stereocenters. The van der Waals surface area contributed by atoms with Crippen LogP contribution in [-0.2, 0) is 6.42 Å². The minimum atomic E-state index is 0.580. The highest BCUT2D eigenvalue weighted by Gasteiger charge is 2.09. The van der Waals surface area contributed by atoms with E-state index in [-0.39, 0.29) is 0 Å². The van der Waals surface area contributed by atoms with E-state index in [0.717, 1.165) is 18.1 Å². The molecule has 0 heterocycles. The summed E-state index contributed by atoms with van der Waals surface area (Å²) in [5.74, 6) is 4.72. The zero-order valence-electron chi connectivity index (χ0n) is 11.3. The average Bonchev–Trinajstić information content (AvgIpc) is 2.42. The van der Waals surface area contributed by atoms with Crippen LogP contribution in [0.4, 0.5) is 0 Å². The van der Waals surface area contributed by atoms with Gasteiger partial charge in [0.1, 0.15) is 5.75 Å². The van der Waals surface area contributed by atoms with E-state index in [1.807, 2.05) is 23.9 Å². The Morgan fingerprint density at radius 2 is 2.22 bits per heavy atom. The Balaban J connectivity index is 2.41. The fourth-order valence-corrected chi connectivity index (χ4v) is 2.91. The normalized spacial score (nSPS) is 12.4. The van der Waals surface area contributed by atoms with Crippen molar-refractivity contribution in [3.8, 4) is 5.75 Å². The summed E-state index contributed by atoms with van der Waals surface area (Å²) in [6.07, 6.45) is 3.53. The lowest BCUT2D eigenvalue weighted by Gasteiger charge is -2.14. The van der Waals surface area contributed by atoms with Crippen LogP contribution in [0.15, 0.2) is 24.3 Å². The third kappa shape index (κ3) is 6.01. The fraction of sp³-hybridized carbons (Fsp3) is 0.600. The quantitative estimate of drug-likeness (QED) is 0.484. The summed E-state index contributed by atoms with van der Waals surface area (Å²) in [7, 11) is 1.71. The molecule has 0 fully saturated rings. The molecule has 0 saturated heterocycles. The molecule has 102 valence electrons. The molecule has 0 bridgehead atoms. The molecule has 1 aromatic rings. The van der Waals surface area contributed by atoms with Crippen LogP contribution in [0.3, 0.4) is 0 Å². The van der Waals surface area contributed by atoms with Gasteiger partial charge in [-0.05, 0) is 54.4 Å². The number of alkyl halides is 1. The lowest BCUT2D eigenvalue weighted by molar-refractivity contribution is 0.413. The van der Waals surface area contributed by atoms with Gasteiger partial charge in [-0.3, -0.25) is 0 Å². The van der Waals surface area contributed by atoms with Crippen LogP contribution in [0.1, 0.15) is 25.3 Å². The number of hydrogen-bond acceptors (Lipinski definition) is 2. The van der Waals surface area contributed by atoms with Crippen LogP contribution in [-0.4, -0.2) is 24.5 Å². The molecular formula is C15H23ClOS. The van der Waals surface area contributed by atoms with Crippen LogP contribution in [0.5, 0.6) is 5.75 Å². The number of benzene rings is 1. The van der Waals surface area contributed by atoms with Gasteiger partial charge in [0.25, 0.3) is 0 Å². The van der Waals surface area contributed by atoms with Gasteiger partial charge in [-0.15, -0.1) is 11.6 Å². The maximum atomic E-state index is 6.07. The first-order chi connectivity index (χ1) is 8.80. The van der Waals surface area contributed by atoms with Gasteiger partial charge in [-0.2, -0.15) is 11.8 Å². The van der Waals surface area contributed by atoms with Crippen molar-refractivity contribution >= 4 is 23.4 Å². The Morgan fingerprint density at radius 1 is 1.39 bits per heavy atom. The highest BCUT2D eigenvalue weighted by Crippen LogP contribution is 2.20. The van der Waals surface area contributed by atoms with E-state index >= 15 is 0 Å².